The molecule has 1 saturated heterocycles. The summed E-state index contributed by atoms with van der Waals surface area (Å²) in [7, 11) is 0. The van der Waals surface area contributed by atoms with E-state index in [1.807, 2.05) is 37.3 Å². The maximum absolute atomic E-state index is 11.9. The molecule has 0 bridgehead atoms. The lowest BCUT2D eigenvalue weighted by Gasteiger charge is -2.21. The quantitative estimate of drug-likeness (QED) is 0.876. The molecule has 1 amide bonds. The van der Waals surface area contributed by atoms with Gasteiger partial charge in [-0.3, -0.25) is 4.79 Å². The molecule has 0 saturated carbocycles. The van der Waals surface area contributed by atoms with Crippen molar-refractivity contribution in [2.75, 3.05) is 6.61 Å². The summed E-state index contributed by atoms with van der Waals surface area (Å²) in [5.41, 5.74) is 7.02. The van der Waals surface area contributed by atoms with Crippen LogP contribution >= 0.6 is 12.4 Å². The minimum absolute atomic E-state index is 0. The van der Waals surface area contributed by atoms with Crippen LogP contribution in [-0.4, -0.2) is 24.7 Å². The zero-order valence-corrected chi connectivity index (χ0v) is 12.6. The van der Waals surface area contributed by atoms with Crippen molar-refractivity contribution in [2.45, 2.75) is 44.4 Å². The number of halogens is 1. The van der Waals surface area contributed by atoms with Gasteiger partial charge in [-0.15, -0.1) is 12.4 Å². The van der Waals surface area contributed by atoms with Crippen molar-refractivity contribution >= 4 is 18.3 Å². The number of hydrogen-bond donors (Lipinski definition) is 2. The maximum atomic E-state index is 11.9. The Balaban J connectivity index is 0.00000200. The molecule has 0 aliphatic carbocycles. The first kappa shape index (κ1) is 17.0. The Bertz CT molecular complexity index is 408. The van der Waals surface area contributed by atoms with E-state index in [0.29, 0.717) is 6.42 Å². The summed E-state index contributed by atoms with van der Waals surface area (Å²) in [4.78, 5) is 11.9. The van der Waals surface area contributed by atoms with Crippen LogP contribution in [0.15, 0.2) is 30.3 Å². The van der Waals surface area contributed by atoms with E-state index in [9.17, 15) is 4.79 Å². The number of hydrogen-bond acceptors (Lipinski definition) is 3. The molecule has 20 heavy (non-hydrogen) atoms. The highest BCUT2D eigenvalue weighted by molar-refractivity contribution is 5.85. The number of amides is 1. The van der Waals surface area contributed by atoms with E-state index in [2.05, 4.69) is 5.32 Å². The number of nitrogens with two attached hydrogens (primary N) is 1. The summed E-state index contributed by atoms with van der Waals surface area (Å²) in [5, 5.41) is 2.98. The first-order valence-corrected chi connectivity index (χ1v) is 6.88. The lowest BCUT2D eigenvalue weighted by molar-refractivity contribution is -0.122. The van der Waals surface area contributed by atoms with Gasteiger partial charge in [0.05, 0.1) is 12.1 Å². The minimum atomic E-state index is -0.252. The third-order valence-electron chi connectivity index (χ3n) is 3.54. The van der Waals surface area contributed by atoms with E-state index in [1.54, 1.807) is 0 Å². The molecule has 1 aliphatic heterocycles. The molecule has 3 unspecified atom stereocenters. The molecule has 2 rings (SSSR count). The van der Waals surface area contributed by atoms with Crippen molar-refractivity contribution in [3.63, 3.8) is 0 Å². The summed E-state index contributed by atoms with van der Waals surface area (Å²) >= 11 is 0. The largest absolute Gasteiger partial charge is 0.376 e. The predicted octanol–water partition coefficient (Wildman–Crippen LogP) is 2.18. The fourth-order valence-corrected chi connectivity index (χ4v) is 2.42. The van der Waals surface area contributed by atoms with Crippen molar-refractivity contribution in [2.24, 2.45) is 5.73 Å². The number of benzene rings is 1. The van der Waals surface area contributed by atoms with Gasteiger partial charge >= 0.3 is 0 Å². The van der Waals surface area contributed by atoms with E-state index >= 15 is 0 Å². The van der Waals surface area contributed by atoms with Crippen LogP contribution in [0.1, 0.15) is 37.8 Å². The summed E-state index contributed by atoms with van der Waals surface area (Å²) in [6.45, 7) is 2.79. The first-order valence-electron chi connectivity index (χ1n) is 6.88. The van der Waals surface area contributed by atoms with Crippen LogP contribution in [0.4, 0.5) is 0 Å². The number of carbonyl (C=O) groups is 1. The highest BCUT2D eigenvalue weighted by Gasteiger charge is 2.24. The molecule has 3 N–H and O–H groups in total. The van der Waals surface area contributed by atoms with E-state index in [4.69, 9.17) is 10.5 Å². The maximum Gasteiger partial charge on any atom is 0.222 e. The van der Waals surface area contributed by atoms with E-state index in [-0.39, 0.29) is 36.5 Å². The lowest BCUT2D eigenvalue weighted by Crippen LogP contribution is -2.41. The fraction of sp³-hybridized carbons (Fsp3) is 0.533. The third kappa shape index (κ3) is 4.78. The second-order valence-corrected chi connectivity index (χ2v) is 5.13. The Morgan fingerprint density at radius 3 is 2.75 bits per heavy atom. The molecule has 3 atom stereocenters. The van der Waals surface area contributed by atoms with Crippen molar-refractivity contribution < 1.29 is 9.53 Å². The number of carbonyl (C=O) groups excluding carboxylic acids is 1. The highest BCUT2D eigenvalue weighted by atomic mass is 35.5. The second-order valence-electron chi connectivity index (χ2n) is 5.13. The monoisotopic (exact) mass is 298 g/mol. The topological polar surface area (TPSA) is 64.4 Å². The molecule has 0 aromatic heterocycles. The molecular weight excluding hydrogens is 276 g/mol. The molecule has 1 aromatic rings. The highest BCUT2D eigenvalue weighted by Crippen LogP contribution is 2.17. The van der Waals surface area contributed by atoms with Crippen molar-refractivity contribution in [1.82, 2.24) is 5.32 Å². The Kier molecular flexibility index (Phi) is 6.99. The fourth-order valence-electron chi connectivity index (χ4n) is 2.42. The van der Waals surface area contributed by atoms with Crippen LogP contribution in [0.2, 0.25) is 0 Å². The third-order valence-corrected chi connectivity index (χ3v) is 3.54. The van der Waals surface area contributed by atoms with Gasteiger partial charge in [-0.1, -0.05) is 30.3 Å². The van der Waals surface area contributed by atoms with Crippen LogP contribution in [0.25, 0.3) is 0 Å². The Labute approximate surface area is 126 Å². The molecule has 5 heteroatoms. The summed E-state index contributed by atoms with van der Waals surface area (Å²) in [6.07, 6.45) is 2.55. The molecule has 112 valence electrons. The lowest BCUT2D eigenvalue weighted by atomic mass is 10.0. The molecule has 1 aliphatic rings. The molecule has 1 aromatic carbocycles. The Hall–Kier alpha value is -1.10. The molecule has 0 spiro atoms. The number of nitrogens with one attached hydrogen (secondary N) is 1. The standard InChI is InChI=1S/C15H22N2O2.ClH/c1-11(14-8-5-9-19-14)17-15(18)10-13(16)12-6-3-2-4-7-12;/h2-4,6-7,11,13-14H,5,8-10,16H2,1H3,(H,17,18);1H. The molecule has 1 fully saturated rings. The Morgan fingerprint density at radius 1 is 1.45 bits per heavy atom. The zero-order chi connectivity index (χ0) is 13.7. The SMILES string of the molecule is CC(NC(=O)CC(N)c1ccccc1)C1CCCO1.Cl. The van der Waals surface area contributed by atoms with Gasteiger partial charge in [0, 0.05) is 19.1 Å². The second kappa shape index (κ2) is 8.25. The van der Waals surface area contributed by atoms with E-state index in [0.717, 1.165) is 25.0 Å². The minimum Gasteiger partial charge on any atom is -0.376 e. The van der Waals surface area contributed by atoms with Crippen LogP contribution in [0.5, 0.6) is 0 Å². The van der Waals surface area contributed by atoms with Gasteiger partial charge in [0.2, 0.25) is 5.91 Å². The van der Waals surface area contributed by atoms with E-state index < -0.39 is 0 Å². The summed E-state index contributed by atoms with van der Waals surface area (Å²) in [6, 6.07) is 9.50. The van der Waals surface area contributed by atoms with Gasteiger partial charge in [-0.25, -0.2) is 0 Å². The average Bonchev–Trinajstić information content (AvgIpc) is 2.93. The zero-order valence-electron chi connectivity index (χ0n) is 11.7. The van der Waals surface area contributed by atoms with Crippen LogP contribution in [0, 0.1) is 0 Å². The van der Waals surface area contributed by atoms with Crippen molar-refractivity contribution in [3.05, 3.63) is 35.9 Å². The van der Waals surface area contributed by atoms with Gasteiger partial charge in [-0.2, -0.15) is 0 Å². The number of ether oxygens (including phenoxy) is 1. The molecule has 1 heterocycles. The molecule has 4 nitrogen and oxygen atoms in total. The van der Waals surface area contributed by atoms with Gasteiger partial charge in [0.1, 0.15) is 0 Å². The predicted molar refractivity (Wildman–Crippen MR) is 81.8 cm³/mol. The first-order chi connectivity index (χ1) is 9.16. The Morgan fingerprint density at radius 2 is 2.15 bits per heavy atom. The summed E-state index contributed by atoms with van der Waals surface area (Å²) < 4.78 is 5.56. The molecular formula is C15H23ClN2O2. The number of rotatable bonds is 5. The van der Waals surface area contributed by atoms with Crippen molar-refractivity contribution in [1.29, 1.82) is 0 Å². The van der Waals surface area contributed by atoms with Crippen LogP contribution in [-0.2, 0) is 9.53 Å². The van der Waals surface area contributed by atoms with Crippen molar-refractivity contribution in [3.8, 4) is 0 Å². The normalized spacial score (nSPS) is 20.8. The smallest absolute Gasteiger partial charge is 0.222 e. The average molecular weight is 299 g/mol. The van der Waals surface area contributed by atoms with Gasteiger partial charge < -0.3 is 15.8 Å². The van der Waals surface area contributed by atoms with Crippen LogP contribution in [0.3, 0.4) is 0 Å². The van der Waals surface area contributed by atoms with Gasteiger partial charge in [0.15, 0.2) is 0 Å². The molecule has 0 radical (unpaired) electrons. The van der Waals surface area contributed by atoms with Crippen LogP contribution < -0.4 is 11.1 Å². The van der Waals surface area contributed by atoms with Gasteiger partial charge in [0.25, 0.3) is 0 Å². The van der Waals surface area contributed by atoms with E-state index in [1.165, 1.54) is 0 Å². The van der Waals surface area contributed by atoms with Gasteiger partial charge in [-0.05, 0) is 25.3 Å². The summed E-state index contributed by atoms with van der Waals surface area (Å²) in [5.74, 6) is -0.0145.